The number of aromatic nitrogens is 2. The number of carbonyl (C=O) groups is 2. The minimum absolute atomic E-state index is 0.0700. The summed E-state index contributed by atoms with van der Waals surface area (Å²) in [7, 11) is 0. The van der Waals surface area contributed by atoms with E-state index >= 15 is 0 Å². The maximum atomic E-state index is 13.0. The highest BCUT2D eigenvalue weighted by Crippen LogP contribution is 2.25. The molecule has 186 valence electrons. The van der Waals surface area contributed by atoms with Gasteiger partial charge < -0.3 is 20.4 Å². The van der Waals surface area contributed by atoms with Gasteiger partial charge in [0.2, 0.25) is 5.91 Å². The highest BCUT2D eigenvalue weighted by molar-refractivity contribution is 5.86. The van der Waals surface area contributed by atoms with Crippen LogP contribution in [0.3, 0.4) is 0 Å². The Balaban J connectivity index is 1.73. The predicted octanol–water partition coefficient (Wildman–Crippen LogP) is 5.13. The summed E-state index contributed by atoms with van der Waals surface area (Å²) in [6, 6.07) is 17.1. The van der Waals surface area contributed by atoms with Crippen LogP contribution >= 0.6 is 0 Å². The number of aromatic amines is 1. The van der Waals surface area contributed by atoms with Gasteiger partial charge in [-0.1, -0.05) is 75.4 Å². The maximum absolute atomic E-state index is 13.0. The number of ether oxygens (including phenoxy) is 1. The first-order valence-electron chi connectivity index (χ1n) is 11.9. The standard InChI is InChI=1S/C28H36N4O3/c1-27(2,3)21-14-12-20(13-15-21)24-29-18-22(31-24)16-23(32-26(34)35-28(4,5)6)25(33)30-17-19-10-8-7-9-11-19/h7-15,18,23H,16-17H2,1-6H3,(H,29,31)(H,30,33)(H,32,34)/t23-/m0/s1. The highest BCUT2D eigenvalue weighted by Gasteiger charge is 2.25. The molecule has 0 fully saturated rings. The summed E-state index contributed by atoms with van der Waals surface area (Å²) in [5.41, 5.74) is 3.30. The van der Waals surface area contributed by atoms with Gasteiger partial charge in [0.15, 0.2) is 0 Å². The number of benzene rings is 2. The van der Waals surface area contributed by atoms with E-state index in [1.807, 2.05) is 42.5 Å². The maximum Gasteiger partial charge on any atom is 0.408 e. The molecule has 1 atom stereocenters. The van der Waals surface area contributed by atoms with E-state index in [0.29, 0.717) is 12.4 Å². The number of amides is 2. The largest absolute Gasteiger partial charge is 0.444 e. The fourth-order valence-corrected chi connectivity index (χ4v) is 3.52. The van der Waals surface area contributed by atoms with Crippen LogP contribution in [-0.2, 0) is 27.9 Å². The lowest BCUT2D eigenvalue weighted by Gasteiger charge is -2.23. The van der Waals surface area contributed by atoms with Gasteiger partial charge in [0, 0.05) is 30.4 Å². The summed E-state index contributed by atoms with van der Waals surface area (Å²) in [5.74, 6) is 0.409. The number of H-pyrrole nitrogens is 1. The van der Waals surface area contributed by atoms with E-state index in [2.05, 4.69) is 53.5 Å². The van der Waals surface area contributed by atoms with Crippen LogP contribution in [0.25, 0.3) is 11.4 Å². The lowest BCUT2D eigenvalue weighted by molar-refractivity contribution is -0.123. The molecule has 0 aliphatic carbocycles. The van der Waals surface area contributed by atoms with Gasteiger partial charge in [0.25, 0.3) is 0 Å². The van der Waals surface area contributed by atoms with Crippen molar-refractivity contribution in [3.8, 4) is 11.4 Å². The van der Waals surface area contributed by atoms with Crippen molar-refractivity contribution in [1.82, 2.24) is 20.6 Å². The molecule has 0 aliphatic rings. The molecule has 0 saturated heterocycles. The fourth-order valence-electron chi connectivity index (χ4n) is 3.52. The lowest BCUT2D eigenvalue weighted by Crippen LogP contribution is -2.49. The van der Waals surface area contributed by atoms with Crippen LogP contribution in [0.5, 0.6) is 0 Å². The van der Waals surface area contributed by atoms with Crippen molar-refractivity contribution in [1.29, 1.82) is 0 Å². The minimum atomic E-state index is -0.829. The molecule has 0 radical (unpaired) electrons. The Morgan fingerprint density at radius 2 is 1.63 bits per heavy atom. The molecule has 0 bridgehead atoms. The number of imidazole rings is 1. The van der Waals surface area contributed by atoms with Crippen molar-refractivity contribution < 1.29 is 14.3 Å². The average Bonchev–Trinajstić information content (AvgIpc) is 3.24. The summed E-state index contributed by atoms with van der Waals surface area (Å²) >= 11 is 0. The average molecular weight is 477 g/mol. The van der Waals surface area contributed by atoms with Crippen LogP contribution < -0.4 is 10.6 Å². The van der Waals surface area contributed by atoms with Crippen molar-refractivity contribution >= 4 is 12.0 Å². The Morgan fingerprint density at radius 1 is 0.971 bits per heavy atom. The summed E-state index contributed by atoms with van der Waals surface area (Å²) in [6.07, 6.45) is 1.30. The smallest absolute Gasteiger partial charge is 0.408 e. The summed E-state index contributed by atoms with van der Waals surface area (Å²) in [4.78, 5) is 33.2. The zero-order chi connectivity index (χ0) is 25.6. The number of nitrogens with one attached hydrogen (secondary N) is 3. The van der Waals surface area contributed by atoms with E-state index in [9.17, 15) is 9.59 Å². The molecule has 0 saturated carbocycles. The second kappa shape index (κ2) is 10.8. The zero-order valence-corrected chi connectivity index (χ0v) is 21.4. The molecular formula is C28H36N4O3. The van der Waals surface area contributed by atoms with Gasteiger partial charge in [0.05, 0.1) is 0 Å². The third kappa shape index (κ3) is 7.98. The summed E-state index contributed by atoms with van der Waals surface area (Å²) < 4.78 is 5.38. The Kier molecular flexibility index (Phi) is 7.99. The van der Waals surface area contributed by atoms with E-state index < -0.39 is 17.7 Å². The minimum Gasteiger partial charge on any atom is -0.444 e. The van der Waals surface area contributed by atoms with Gasteiger partial charge in [0.1, 0.15) is 17.5 Å². The Morgan fingerprint density at radius 3 is 2.23 bits per heavy atom. The van der Waals surface area contributed by atoms with Crippen molar-refractivity contribution in [2.24, 2.45) is 0 Å². The number of carbonyl (C=O) groups excluding carboxylic acids is 2. The number of nitrogens with zero attached hydrogens (tertiary/aromatic N) is 1. The number of alkyl carbamates (subject to hydrolysis) is 1. The molecule has 7 nitrogen and oxygen atoms in total. The first kappa shape index (κ1) is 26.0. The number of hydrogen-bond acceptors (Lipinski definition) is 4. The van der Waals surface area contributed by atoms with E-state index in [-0.39, 0.29) is 17.7 Å². The second-order valence-corrected chi connectivity index (χ2v) is 10.7. The molecule has 2 aromatic carbocycles. The van der Waals surface area contributed by atoms with Gasteiger partial charge in [-0.15, -0.1) is 0 Å². The molecule has 3 rings (SSSR count). The van der Waals surface area contributed by atoms with Crippen LogP contribution in [0.4, 0.5) is 4.79 Å². The Hall–Kier alpha value is -3.61. The molecule has 1 heterocycles. The molecule has 1 aromatic heterocycles. The van der Waals surface area contributed by atoms with Crippen LogP contribution in [-0.4, -0.2) is 33.6 Å². The third-order valence-corrected chi connectivity index (χ3v) is 5.39. The highest BCUT2D eigenvalue weighted by atomic mass is 16.6. The van der Waals surface area contributed by atoms with Crippen LogP contribution in [0.2, 0.25) is 0 Å². The zero-order valence-electron chi connectivity index (χ0n) is 21.4. The van der Waals surface area contributed by atoms with Gasteiger partial charge in [-0.25, -0.2) is 9.78 Å². The summed E-state index contributed by atoms with van der Waals surface area (Å²) in [5, 5.41) is 5.61. The van der Waals surface area contributed by atoms with Gasteiger partial charge in [-0.05, 0) is 37.3 Å². The van der Waals surface area contributed by atoms with Crippen LogP contribution in [0, 0.1) is 0 Å². The molecule has 0 unspecified atom stereocenters. The molecule has 35 heavy (non-hydrogen) atoms. The summed E-state index contributed by atoms with van der Waals surface area (Å²) in [6.45, 7) is 12.2. The molecule has 0 spiro atoms. The van der Waals surface area contributed by atoms with Gasteiger partial charge in [-0.3, -0.25) is 4.79 Å². The fraction of sp³-hybridized carbons (Fsp3) is 0.393. The SMILES string of the molecule is CC(C)(C)OC(=O)N[C@@H](Cc1cnc(-c2ccc(C(C)(C)C)cc2)[nH]1)C(=O)NCc1ccccc1. The Labute approximate surface area is 207 Å². The van der Waals surface area contributed by atoms with Crippen molar-refractivity contribution in [2.75, 3.05) is 0 Å². The van der Waals surface area contributed by atoms with E-state index in [4.69, 9.17) is 4.74 Å². The van der Waals surface area contributed by atoms with Crippen molar-refractivity contribution in [3.05, 3.63) is 77.6 Å². The molecule has 0 aliphatic heterocycles. The quantitative estimate of drug-likeness (QED) is 0.441. The Bertz CT molecular complexity index is 1120. The predicted molar refractivity (Wildman–Crippen MR) is 138 cm³/mol. The molecule has 3 N–H and O–H groups in total. The number of rotatable bonds is 7. The van der Waals surface area contributed by atoms with E-state index in [1.165, 1.54) is 5.56 Å². The van der Waals surface area contributed by atoms with Crippen LogP contribution in [0.15, 0.2) is 60.8 Å². The first-order chi connectivity index (χ1) is 16.4. The second-order valence-electron chi connectivity index (χ2n) is 10.7. The molecular weight excluding hydrogens is 440 g/mol. The molecule has 3 aromatic rings. The van der Waals surface area contributed by atoms with Crippen molar-refractivity contribution in [3.63, 3.8) is 0 Å². The molecule has 7 heteroatoms. The normalized spacial score (nSPS) is 12.6. The van der Waals surface area contributed by atoms with E-state index in [1.54, 1.807) is 27.0 Å². The monoisotopic (exact) mass is 476 g/mol. The lowest BCUT2D eigenvalue weighted by atomic mass is 9.87. The van der Waals surface area contributed by atoms with Gasteiger partial charge in [-0.2, -0.15) is 0 Å². The van der Waals surface area contributed by atoms with Crippen molar-refractivity contribution in [2.45, 2.75) is 71.6 Å². The third-order valence-electron chi connectivity index (χ3n) is 5.39. The van der Waals surface area contributed by atoms with Crippen LogP contribution in [0.1, 0.15) is 58.4 Å². The van der Waals surface area contributed by atoms with Gasteiger partial charge >= 0.3 is 6.09 Å². The first-order valence-corrected chi connectivity index (χ1v) is 11.9. The topological polar surface area (TPSA) is 96.1 Å². The molecule has 2 amide bonds. The number of hydrogen-bond donors (Lipinski definition) is 3. The van der Waals surface area contributed by atoms with E-state index in [0.717, 1.165) is 16.8 Å².